The average molecular weight is 543 g/mol. The molecular weight excluding hydrogens is 527 g/mol. The van der Waals surface area contributed by atoms with Gasteiger partial charge in [-0.2, -0.15) is 0 Å². The molecule has 0 fully saturated rings. The molecule has 2 aromatic carbocycles. The highest BCUT2D eigenvalue weighted by Crippen LogP contribution is 2.40. The highest BCUT2D eigenvalue weighted by molar-refractivity contribution is 9.11. The van der Waals surface area contributed by atoms with Gasteiger partial charge >= 0.3 is 0 Å². The van der Waals surface area contributed by atoms with Crippen LogP contribution >= 0.6 is 43.5 Å². The van der Waals surface area contributed by atoms with Gasteiger partial charge in [0, 0.05) is 27.3 Å². The van der Waals surface area contributed by atoms with Crippen molar-refractivity contribution in [2.75, 3.05) is 6.54 Å². The van der Waals surface area contributed by atoms with Crippen LogP contribution in [0.4, 0.5) is 5.69 Å². The van der Waals surface area contributed by atoms with Crippen LogP contribution in [-0.4, -0.2) is 28.4 Å². The summed E-state index contributed by atoms with van der Waals surface area (Å²) in [6.45, 7) is 0.295. The number of carbonyl (C=O) groups is 2. The largest absolute Gasteiger partial charge is 0.493 e. The van der Waals surface area contributed by atoms with Gasteiger partial charge in [-0.3, -0.25) is 9.59 Å². The molecule has 7 nitrogen and oxygen atoms in total. The van der Waals surface area contributed by atoms with Crippen LogP contribution in [0.5, 0.6) is 5.88 Å². The number of benzene rings is 2. The Bertz CT molecular complexity index is 1110. The molecule has 0 spiro atoms. The summed E-state index contributed by atoms with van der Waals surface area (Å²) in [5.41, 5.74) is 1.21. The van der Waals surface area contributed by atoms with Crippen LogP contribution in [-0.2, 0) is 4.79 Å². The molecule has 10 heteroatoms. The van der Waals surface area contributed by atoms with E-state index < -0.39 is 5.91 Å². The van der Waals surface area contributed by atoms with Gasteiger partial charge in [0.1, 0.15) is 0 Å². The Balaban J connectivity index is 1.56. The first kappa shape index (κ1) is 21.5. The fourth-order valence-corrected chi connectivity index (χ4v) is 4.18. The Morgan fingerprint density at radius 2 is 1.97 bits per heavy atom. The minimum atomic E-state index is -0.459. The van der Waals surface area contributed by atoms with E-state index in [1.165, 1.54) is 0 Å². The third-order valence-electron chi connectivity index (χ3n) is 4.01. The predicted molar refractivity (Wildman–Crippen MR) is 118 cm³/mol. The average Bonchev–Trinajstić information content (AvgIpc) is 2.99. The normalized spacial score (nSPS) is 11.3. The monoisotopic (exact) mass is 540 g/mol. The lowest BCUT2D eigenvalue weighted by Gasteiger charge is -2.05. The van der Waals surface area contributed by atoms with Crippen molar-refractivity contribution in [2.24, 2.45) is 10.2 Å². The number of aromatic nitrogens is 1. The molecular formula is C19H15Br2ClN4O3. The second-order valence-corrected chi connectivity index (χ2v) is 8.24. The van der Waals surface area contributed by atoms with Crippen LogP contribution in [0, 0.1) is 0 Å². The van der Waals surface area contributed by atoms with Crippen LogP contribution in [0.15, 0.2) is 55.6 Å². The Kier molecular flexibility index (Phi) is 7.05. The summed E-state index contributed by atoms with van der Waals surface area (Å²) < 4.78 is 1.52. The standard InChI is InChI=1S/C19H15Br2ClN4O3/c20-10-8-12-16(13(21)9-10)24-19(29)17(12)26-25-15(27)6-3-7-23-18(28)11-4-1-2-5-14(11)22/h1-2,4-5,8-9,24,29H,3,6-7H2,(H,23,28). The Labute approximate surface area is 187 Å². The molecule has 3 N–H and O–H groups in total. The number of halogens is 3. The molecule has 0 unspecified atom stereocenters. The molecule has 2 amide bonds. The van der Waals surface area contributed by atoms with Gasteiger partial charge in [-0.05, 0) is 46.6 Å². The van der Waals surface area contributed by atoms with Crippen LogP contribution in [0.3, 0.4) is 0 Å². The SMILES string of the molecule is O=C(CCCNC(=O)c1ccccc1Cl)N=Nc1c(O)[nH]c2c(Br)cc(Br)cc12. The number of nitrogens with zero attached hydrogens (tertiary/aromatic N) is 2. The summed E-state index contributed by atoms with van der Waals surface area (Å²) in [7, 11) is 0. The first-order valence-corrected chi connectivity index (χ1v) is 10.5. The number of carbonyl (C=O) groups excluding carboxylic acids is 2. The maximum atomic E-state index is 12.0. The fraction of sp³-hybridized carbons (Fsp3) is 0.158. The summed E-state index contributed by atoms with van der Waals surface area (Å²) in [5.74, 6) is -0.938. The van der Waals surface area contributed by atoms with E-state index >= 15 is 0 Å². The van der Waals surface area contributed by atoms with E-state index in [9.17, 15) is 14.7 Å². The first-order valence-electron chi connectivity index (χ1n) is 8.54. The van der Waals surface area contributed by atoms with Gasteiger partial charge in [-0.1, -0.05) is 39.7 Å². The van der Waals surface area contributed by atoms with Crippen molar-refractivity contribution in [1.29, 1.82) is 0 Å². The highest BCUT2D eigenvalue weighted by Gasteiger charge is 2.14. The topological polar surface area (TPSA) is 107 Å². The molecule has 1 heterocycles. The maximum Gasteiger partial charge on any atom is 0.264 e. The number of hydrogen-bond donors (Lipinski definition) is 3. The van der Waals surface area contributed by atoms with Crippen molar-refractivity contribution in [3.63, 3.8) is 0 Å². The number of amides is 2. The number of nitrogens with one attached hydrogen (secondary N) is 2. The van der Waals surface area contributed by atoms with Gasteiger partial charge in [-0.15, -0.1) is 10.2 Å². The Morgan fingerprint density at radius 3 is 2.72 bits per heavy atom. The number of aromatic amines is 1. The lowest BCUT2D eigenvalue weighted by Crippen LogP contribution is -2.25. The summed E-state index contributed by atoms with van der Waals surface area (Å²) in [5, 5.41) is 21.3. The molecule has 0 bridgehead atoms. The zero-order valence-electron chi connectivity index (χ0n) is 14.9. The molecule has 150 valence electrons. The summed E-state index contributed by atoms with van der Waals surface area (Å²) in [6, 6.07) is 10.3. The van der Waals surface area contributed by atoms with Crippen LogP contribution < -0.4 is 5.32 Å². The molecule has 0 aliphatic rings. The molecule has 29 heavy (non-hydrogen) atoms. The van der Waals surface area contributed by atoms with Crippen molar-refractivity contribution >= 4 is 71.9 Å². The van der Waals surface area contributed by atoms with Gasteiger partial charge in [0.05, 0.1) is 16.1 Å². The Hall–Kier alpha value is -2.23. The number of fused-ring (bicyclic) bond motifs is 1. The molecule has 3 aromatic rings. The lowest BCUT2D eigenvalue weighted by atomic mass is 10.2. The third kappa shape index (κ3) is 5.23. The number of hydrogen-bond acceptors (Lipinski definition) is 4. The van der Waals surface area contributed by atoms with E-state index in [2.05, 4.69) is 52.4 Å². The van der Waals surface area contributed by atoms with Crippen molar-refractivity contribution in [3.05, 3.63) is 55.9 Å². The van der Waals surface area contributed by atoms with Crippen LogP contribution in [0.25, 0.3) is 10.9 Å². The molecule has 1 aromatic heterocycles. The van der Waals surface area contributed by atoms with Crippen LogP contribution in [0.2, 0.25) is 5.02 Å². The van der Waals surface area contributed by atoms with Crippen LogP contribution in [0.1, 0.15) is 23.2 Å². The number of aromatic hydroxyl groups is 1. The van der Waals surface area contributed by atoms with Gasteiger partial charge < -0.3 is 15.4 Å². The molecule has 0 atom stereocenters. The molecule has 0 radical (unpaired) electrons. The van der Waals surface area contributed by atoms with E-state index in [-0.39, 0.29) is 23.9 Å². The zero-order valence-corrected chi connectivity index (χ0v) is 18.8. The second kappa shape index (κ2) is 9.51. The van der Waals surface area contributed by atoms with Crippen molar-refractivity contribution < 1.29 is 14.7 Å². The molecule has 0 aliphatic heterocycles. The minimum Gasteiger partial charge on any atom is -0.493 e. The van der Waals surface area contributed by atoms with Crippen molar-refractivity contribution in [1.82, 2.24) is 10.3 Å². The highest BCUT2D eigenvalue weighted by atomic mass is 79.9. The molecule has 0 saturated carbocycles. The molecule has 3 rings (SSSR count). The van der Waals surface area contributed by atoms with Crippen molar-refractivity contribution in [3.8, 4) is 5.88 Å². The van der Waals surface area contributed by atoms with Gasteiger partial charge in [0.15, 0.2) is 5.69 Å². The van der Waals surface area contributed by atoms with E-state index in [1.54, 1.807) is 30.3 Å². The van der Waals surface area contributed by atoms with Gasteiger partial charge in [0.2, 0.25) is 5.88 Å². The zero-order chi connectivity index (χ0) is 21.0. The van der Waals surface area contributed by atoms with E-state index in [0.29, 0.717) is 34.5 Å². The van der Waals surface area contributed by atoms with Gasteiger partial charge in [0.25, 0.3) is 11.8 Å². The van der Waals surface area contributed by atoms with Crippen molar-refractivity contribution in [2.45, 2.75) is 12.8 Å². The Morgan fingerprint density at radius 1 is 1.21 bits per heavy atom. The number of H-pyrrole nitrogens is 1. The van der Waals surface area contributed by atoms with Gasteiger partial charge in [-0.25, -0.2) is 0 Å². The van der Waals surface area contributed by atoms with E-state index in [4.69, 9.17) is 11.6 Å². The maximum absolute atomic E-state index is 12.0. The summed E-state index contributed by atoms with van der Waals surface area (Å²) in [4.78, 5) is 26.8. The predicted octanol–water partition coefficient (Wildman–Crippen LogP) is 5.87. The molecule has 0 saturated heterocycles. The second-order valence-electron chi connectivity index (χ2n) is 6.07. The van der Waals surface area contributed by atoms with E-state index in [1.807, 2.05) is 6.07 Å². The number of azo groups is 1. The lowest BCUT2D eigenvalue weighted by molar-refractivity contribution is -0.118. The fourth-order valence-electron chi connectivity index (χ4n) is 2.63. The minimum absolute atomic E-state index is 0.100. The summed E-state index contributed by atoms with van der Waals surface area (Å²) in [6.07, 6.45) is 0.494. The quantitative estimate of drug-likeness (QED) is 0.268. The third-order valence-corrected chi connectivity index (χ3v) is 5.42. The first-order chi connectivity index (χ1) is 13.9. The van der Waals surface area contributed by atoms with E-state index in [0.717, 1.165) is 8.95 Å². The molecule has 0 aliphatic carbocycles. The summed E-state index contributed by atoms with van der Waals surface area (Å²) >= 11 is 12.7. The smallest absolute Gasteiger partial charge is 0.264 e. The number of rotatable bonds is 6.